The maximum Gasteiger partial charge on any atom is 0.344 e. The van der Waals surface area contributed by atoms with Gasteiger partial charge in [-0.3, -0.25) is 14.5 Å². The van der Waals surface area contributed by atoms with Crippen LogP contribution in [0, 0.1) is 0 Å². The number of halogens is 1. The van der Waals surface area contributed by atoms with E-state index in [0.717, 1.165) is 16.7 Å². The zero-order valence-electron chi connectivity index (χ0n) is 15.5. The van der Waals surface area contributed by atoms with Crippen LogP contribution in [0.3, 0.4) is 0 Å². The Bertz CT molecular complexity index is 823. The van der Waals surface area contributed by atoms with E-state index in [1.807, 2.05) is 6.92 Å². The largest absolute Gasteiger partial charge is 0.490 e. The van der Waals surface area contributed by atoms with Crippen molar-refractivity contribution in [1.82, 2.24) is 4.90 Å². The van der Waals surface area contributed by atoms with E-state index in [1.165, 1.54) is 6.08 Å². The summed E-state index contributed by atoms with van der Waals surface area (Å²) in [5.74, 6) is -0.104. The number of carbonyl (C=O) groups is 3. The molecule has 0 unspecified atom stereocenters. The average molecular weight is 470 g/mol. The molecule has 0 saturated carbocycles. The molecule has 1 aromatic rings. The summed E-state index contributed by atoms with van der Waals surface area (Å²) < 4.78 is 16.5. The van der Waals surface area contributed by atoms with Crippen LogP contribution in [0.15, 0.2) is 34.2 Å². The van der Waals surface area contributed by atoms with E-state index in [-0.39, 0.29) is 30.9 Å². The summed E-state index contributed by atoms with van der Waals surface area (Å²) in [6.45, 7) is 7.63. The molecule has 0 radical (unpaired) electrons. The molecule has 2 rings (SSSR count). The van der Waals surface area contributed by atoms with E-state index < -0.39 is 5.97 Å². The van der Waals surface area contributed by atoms with Gasteiger partial charge in [0.25, 0.3) is 11.1 Å². The van der Waals surface area contributed by atoms with E-state index in [4.69, 9.17) is 14.2 Å². The number of imide groups is 1. The summed E-state index contributed by atoms with van der Waals surface area (Å²) in [5.41, 5.74) is 0.642. The molecule has 150 valence electrons. The molecular weight excluding hydrogens is 450 g/mol. The Balaban J connectivity index is 2.29. The lowest BCUT2D eigenvalue weighted by atomic mass is 10.2. The molecule has 0 spiro atoms. The lowest BCUT2D eigenvalue weighted by molar-refractivity contribution is -0.145. The Morgan fingerprint density at radius 2 is 2.00 bits per heavy atom. The highest BCUT2D eigenvalue weighted by atomic mass is 79.9. The van der Waals surface area contributed by atoms with Gasteiger partial charge in [0.2, 0.25) is 0 Å². The number of amides is 2. The Morgan fingerprint density at radius 1 is 1.25 bits per heavy atom. The minimum Gasteiger partial charge on any atom is -0.490 e. The molecular formula is C19H20BrNO6S. The third-order valence-electron chi connectivity index (χ3n) is 3.45. The monoisotopic (exact) mass is 469 g/mol. The smallest absolute Gasteiger partial charge is 0.344 e. The van der Waals surface area contributed by atoms with E-state index in [2.05, 4.69) is 22.5 Å². The first-order valence-corrected chi connectivity index (χ1v) is 10.1. The molecule has 28 heavy (non-hydrogen) atoms. The van der Waals surface area contributed by atoms with Crippen LogP contribution in [0.25, 0.3) is 6.08 Å². The summed E-state index contributed by atoms with van der Waals surface area (Å²) in [6.07, 6.45) is 3.11. The van der Waals surface area contributed by atoms with Crippen molar-refractivity contribution in [1.29, 1.82) is 0 Å². The minimum absolute atomic E-state index is 0.163. The van der Waals surface area contributed by atoms with Gasteiger partial charge in [0, 0.05) is 6.54 Å². The molecule has 1 saturated heterocycles. The second-order valence-corrected chi connectivity index (χ2v) is 7.29. The van der Waals surface area contributed by atoms with E-state index in [9.17, 15) is 14.4 Å². The number of nitrogens with zero attached hydrogens (tertiary/aromatic N) is 1. The highest BCUT2D eigenvalue weighted by molar-refractivity contribution is 9.10. The van der Waals surface area contributed by atoms with Crippen LogP contribution >= 0.6 is 27.7 Å². The summed E-state index contributed by atoms with van der Waals surface area (Å²) in [4.78, 5) is 37.3. The lowest BCUT2D eigenvalue weighted by Crippen LogP contribution is -2.27. The van der Waals surface area contributed by atoms with Gasteiger partial charge in [-0.15, -0.1) is 6.58 Å². The number of hydrogen-bond acceptors (Lipinski definition) is 7. The molecule has 1 aliphatic heterocycles. The van der Waals surface area contributed by atoms with Crippen LogP contribution in [-0.2, 0) is 14.3 Å². The first-order chi connectivity index (χ1) is 13.4. The lowest BCUT2D eigenvalue weighted by Gasteiger charge is -2.14. The number of carbonyl (C=O) groups excluding carboxylic acids is 3. The summed E-state index contributed by atoms with van der Waals surface area (Å²) in [7, 11) is 0. The van der Waals surface area contributed by atoms with Gasteiger partial charge in [-0.25, -0.2) is 4.79 Å². The molecule has 1 fully saturated rings. The van der Waals surface area contributed by atoms with Gasteiger partial charge < -0.3 is 14.2 Å². The van der Waals surface area contributed by atoms with Crippen molar-refractivity contribution in [3.8, 4) is 11.5 Å². The van der Waals surface area contributed by atoms with Crippen LogP contribution in [0.4, 0.5) is 4.79 Å². The zero-order valence-corrected chi connectivity index (χ0v) is 17.9. The Labute approximate surface area is 175 Å². The quantitative estimate of drug-likeness (QED) is 0.306. The predicted molar refractivity (Wildman–Crippen MR) is 110 cm³/mol. The third kappa shape index (κ3) is 5.39. The third-order valence-corrected chi connectivity index (χ3v) is 4.95. The summed E-state index contributed by atoms with van der Waals surface area (Å²) >= 11 is 4.27. The van der Waals surface area contributed by atoms with E-state index in [1.54, 1.807) is 25.1 Å². The molecule has 0 aromatic heterocycles. The summed E-state index contributed by atoms with van der Waals surface area (Å²) in [6, 6.07) is 3.39. The molecule has 0 bridgehead atoms. The van der Waals surface area contributed by atoms with Crippen molar-refractivity contribution in [2.45, 2.75) is 13.8 Å². The second-order valence-electron chi connectivity index (χ2n) is 5.44. The van der Waals surface area contributed by atoms with Crippen LogP contribution in [0.2, 0.25) is 0 Å². The number of hydrogen-bond donors (Lipinski definition) is 0. The standard InChI is InChI=1S/C19H20BrNO6S/c1-4-7-21-18(23)15(28-19(21)24)10-12-8-13(20)17(14(9-12)25-5-2)27-11-16(22)26-6-3/h4,8-10H,1,5-7,11H2,2-3H3/b15-10+. The highest BCUT2D eigenvalue weighted by Gasteiger charge is 2.34. The normalized spacial score (nSPS) is 15.1. The SMILES string of the molecule is C=CCN1C(=O)S/C(=C/c2cc(Br)c(OCC(=O)OCC)c(OCC)c2)C1=O. The van der Waals surface area contributed by atoms with Gasteiger partial charge >= 0.3 is 5.97 Å². The predicted octanol–water partition coefficient (Wildman–Crippen LogP) is 4.01. The van der Waals surface area contributed by atoms with Crippen molar-refractivity contribution in [2.24, 2.45) is 0 Å². The van der Waals surface area contributed by atoms with Crippen molar-refractivity contribution in [2.75, 3.05) is 26.4 Å². The van der Waals surface area contributed by atoms with Gasteiger partial charge in [-0.05, 0) is 65.3 Å². The maximum atomic E-state index is 12.4. The molecule has 2 amide bonds. The van der Waals surface area contributed by atoms with E-state index >= 15 is 0 Å². The average Bonchev–Trinajstić information content (AvgIpc) is 2.89. The molecule has 9 heteroatoms. The van der Waals surface area contributed by atoms with Crippen LogP contribution in [0.1, 0.15) is 19.4 Å². The number of esters is 1. The molecule has 0 N–H and O–H groups in total. The van der Waals surface area contributed by atoms with E-state index in [0.29, 0.717) is 33.0 Å². The molecule has 0 aliphatic carbocycles. The fourth-order valence-corrected chi connectivity index (χ4v) is 3.77. The fraction of sp³-hybridized carbons (Fsp3) is 0.316. The van der Waals surface area contributed by atoms with Crippen molar-refractivity contribution in [3.63, 3.8) is 0 Å². The van der Waals surface area contributed by atoms with Gasteiger partial charge in [-0.2, -0.15) is 0 Å². The second kappa shape index (κ2) is 10.3. The van der Waals surface area contributed by atoms with Crippen LogP contribution < -0.4 is 9.47 Å². The molecule has 1 aliphatic rings. The topological polar surface area (TPSA) is 82.1 Å². The fourth-order valence-electron chi connectivity index (χ4n) is 2.35. The summed E-state index contributed by atoms with van der Waals surface area (Å²) in [5, 5.41) is -0.338. The highest BCUT2D eigenvalue weighted by Crippen LogP contribution is 2.39. The van der Waals surface area contributed by atoms with Crippen LogP contribution in [-0.4, -0.2) is 48.4 Å². The van der Waals surface area contributed by atoms with Crippen molar-refractivity contribution >= 4 is 50.9 Å². The van der Waals surface area contributed by atoms with Gasteiger partial charge in [0.05, 0.1) is 22.6 Å². The van der Waals surface area contributed by atoms with Gasteiger partial charge in [0.15, 0.2) is 18.1 Å². The van der Waals surface area contributed by atoms with Gasteiger partial charge in [-0.1, -0.05) is 6.08 Å². The Hall–Kier alpha value is -2.26. The van der Waals surface area contributed by atoms with Crippen molar-refractivity contribution < 1.29 is 28.6 Å². The first-order valence-electron chi connectivity index (χ1n) is 8.52. The Morgan fingerprint density at radius 3 is 2.64 bits per heavy atom. The molecule has 0 atom stereocenters. The number of benzene rings is 1. The van der Waals surface area contributed by atoms with Crippen molar-refractivity contribution in [3.05, 3.63) is 39.7 Å². The zero-order chi connectivity index (χ0) is 20.7. The number of rotatable bonds is 9. The number of ether oxygens (including phenoxy) is 3. The Kier molecular flexibility index (Phi) is 8.13. The number of thioether (sulfide) groups is 1. The van der Waals surface area contributed by atoms with Gasteiger partial charge in [0.1, 0.15) is 0 Å². The molecule has 7 nitrogen and oxygen atoms in total. The first kappa shape index (κ1) is 22.0. The molecule has 1 aromatic carbocycles. The maximum absolute atomic E-state index is 12.4. The minimum atomic E-state index is -0.489. The molecule has 1 heterocycles. The van der Waals surface area contributed by atoms with Crippen LogP contribution in [0.5, 0.6) is 11.5 Å².